The summed E-state index contributed by atoms with van der Waals surface area (Å²) in [6.45, 7) is 4.00. The Kier molecular flexibility index (Phi) is 8.79. The van der Waals surface area contributed by atoms with Crippen LogP contribution in [0, 0.1) is 11.6 Å². The lowest BCUT2D eigenvalue weighted by molar-refractivity contribution is 0.511. The molecule has 0 aliphatic rings. The molecule has 0 radical (unpaired) electrons. The largest absolute Gasteiger partial charge is 0.399 e. The summed E-state index contributed by atoms with van der Waals surface area (Å²) in [5.41, 5.74) is 6.36. The number of anilines is 2. The van der Waals surface area contributed by atoms with Gasteiger partial charge in [-0.2, -0.15) is 0 Å². The second-order valence-electron chi connectivity index (χ2n) is 3.26. The van der Waals surface area contributed by atoms with E-state index in [0.717, 1.165) is 11.8 Å². The first-order valence-electron chi connectivity index (χ1n) is 6.07. The van der Waals surface area contributed by atoms with Crippen molar-refractivity contribution in [1.29, 1.82) is 0 Å². The highest BCUT2D eigenvalue weighted by Crippen LogP contribution is 2.14. The van der Waals surface area contributed by atoms with E-state index in [4.69, 9.17) is 5.73 Å². The topological polar surface area (TPSA) is 38.0 Å². The van der Waals surface area contributed by atoms with Crippen molar-refractivity contribution in [2.75, 3.05) is 18.1 Å². The lowest BCUT2D eigenvalue weighted by Crippen LogP contribution is -1.94. The van der Waals surface area contributed by atoms with Gasteiger partial charge in [0.15, 0.2) is 11.6 Å². The van der Waals surface area contributed by atoms with Crippen molar-refractivity contribution in [1.82, 2.24) is 0 Å². The summed E-state index contributed by atoms with van der Waals surface area (Å²) in [6, 6.07) is 13.5. The monoisotopic (exact) mass is 266 g/mol. The number of hydrogen-bond donors (Lipinski definition) is 2. The van der Waals surface area contributed by atoms with Crippen molar-refractivity contribution in [3.8, 4) is 0 Å². The molecule has 0 saturated heterocycles. The molecule has 0 spiro atoms. The van der Waals surface area contributed by atoms with Gasteiger partial charge in [0.1, 0.15) is 0 Å². The van der Waals surface area contributed by atoms with E-state index in [9.17, 15) is 8.78 Å². The van der Waals surface area contributed by atoms with E-state index in [0.29, 0.717) is 0 Å². The third kappa shape index (κ3) is 6.41. The van der Waals surface area contributed by atoms with Gasteiger partial charge in [0, 0.05) is 12.7 Å². The third-order valence-corrected chi connectivity index (χ3v) is 2.02. The van der Waals surface area contributed by atoms with Crippen LogP contribution >= 0.6 is 0 Å². The van der Waals surface area contributed by atoms with Gasteiger partial charge >= 0.3 is 0 Å². The molecule has 104 valence electrons. The molecule has 0 unspecified atom stereocenters. The lowest BCUT2D eigenvalue weighted by Gasteiger charge is -2.00. The first kappa shape index (κ1) is 16.9. The van der Waals surface area contributed by atoms with Gasteiger partial charge < -0.3 is 11.1 Å². The smallest absolute Gasteiger partial charge is 0.181 e. The zero-order valence-corrected chi connectivity index (χ0v) is 11.5. The predicted molar refractivity (Wildman–Crippen MR) is 78.1 cm³/mol. The van der Waals surface area contributed by atoms with Crippen molar-refractivity contribution in [2.45, 2.75) is 13.8 Å². The Bertz CT molecular complexity index is 459. The second kappa shape index (κ2) is 9.88. The van der Waals surface area contributed by atoms with E-state index in [-0.39, 0.29) is 5.69 Å². The normalized spacial score (nSPS) is 8.47. The summed E-state index contributed by atoms with van der Waals surface area (Å²) < 4.78 is 24.9. The number of benzene rings is 2. The minimum atomic E-state index is -0.829. The molecular formula is C15H20F2N2. The van der Waals surface area contributed by atoms with Crippen LogP contribution in [-0.4, -0.2) is 7.05 Å². The van der Waals surface area contributed by atoms with Gasteiger partial charge in [0.05, 0.1) is 5.69 Å². The van der Waals surface area contributed by atoms with Gasteiger partial charge in [-0.15, -0.1) is 0 Å². The molecule has 3 N–H and O–H groups in total. The van der Waals surface area contributed by atoms with E-state index < -0.39 is 11.6 Å². The summed E-state index contributed by atoms with van der Waals surface area (Å²) in [6.07, 6.45) is 0. The van der Waals surface area contributed by atoms with Gasteiger partial charge in [-0.3, -0.25) is 0 Å². The molecule has 2 rings (SSSR count). The Labute approximate surface area is 113 Å². The van der Waals surface area contributed by atoms with Crippen molar-refractivity contribution >= 4 is 11.4 Å². The van der Waals surface area contributed by atoms with Crippen LogP contribution in [0.15, 0.2) is 48.5 Å². The maximum Gasteiger partial charge on any atom is 0.181 e. The SMILES string of the molecule is CC.CNc1cccc(F)c1F.Nc1ccccc1. The number of para-hydroxylation sites is 1. The minimum Gasteiger partial charge on any atom is -0.399 e. The van der Waals surface area contributed by atoms with Gasteiger partial charge in [-0.05, 0) is 24.3 Å². The summed E-state index contributed by atoms with van der Waals surface area (Å²) in [7, 11) is 1.54. The first-order valence-corrected chi connectivity index (χ1v) is 6.07. The molecule has 4 heteroatoms. The Morgan fingerprint density at radius 3 is 1.84 bits per heavy atom. The number of nitrogens with two attached hydrogens (primary N) is 1. The quantitative estimate of drug-likeness (QED) is 0.755. The highest BCUT2D eigenvalue weighted by Gasteiger charge is 2.03. The molecule has 0 atom stereocenters. The predicted octanol–water partition coefficient (Wildman–Crippen LogP) is 4.30. The molecule has 2 nitrogen and oxygen atoms in total. The summed E-state index contributed by atoms with van der Waals surface area (Å²) >= 11 is 0. The molecule has 2 aromatic rings. The average Bonchev–Trinajstić information content (AvgIpc) is 2.46. The standard InChI is InChI=1S/C7H7F2N.C6H7N.C2H6/c1-10-6-4-2-3-5(8)7(6)9;7-6-4-2-1-3-5-6;1-2/h2-4,10H,1H3;1-5H,7H2;1-2H3. The van der Waals surface area contributed by atoms with Crippen LogP contribution in [0.4, 0.5) is 20.2 Å². The van der Waals surface area contributed by atoms with E-state index in [2.05, 4.69) is 5.32 Å². The number of nitrogen functional groups attached to an aromatic ring is 1. The fourth-order valence-electron chi connectivity index (χ4n) is 1.15. The average molecular weight is 266 g/mol. The molecule has 0 aliphatic carbocycles. The van der Waals surface area contributed by atoms with Crippen molar-refractivity contribution in [3.05, 3.63) is 60.2 Å². The molecule has 0 amide bonds. The Morgan fingerprint density at radius 2 is 1.47 bits per heavy atom. The van der Waals surface area contributed by atoms with E-state index >= 15 is 0 Å². The Hall–Kier alpha value is -2.10. The Balaban J connectivity index is 0.000000316. The highest BCUT2D eigenvalue weighted by atomic mass is 19.2. The van der Waals surface area contributed by atoms with Gasteiger partial charge in [0.2, 0.25) is 0 Å². The fourth-order valence-corrected chi connectivity index (χ4v) is 1.15. The summed E-state index contributed by atoms with van der Waals surface area (Å²) in [5, 5.41) is 2.52. The fraction of sp³-hybridized carbons (Fsp3) is 0.200. The molecule has 0 heterocycles. The zero-order valence-electron chi connectivity index (χ0n) is 11.5. The van der Waals surface area contributed by atoms with Gasteiger partial charge in [-0.25, -0.2) is 8.78 Å². The second-order valence-corrected chi connectivity index (χ2v) is 3.26. The van der Waals surface area contributed by atoms with Crippen LogP contribution in [0.5, 0.6) is 0 Å². The van der Waals surface area contributed by atoms with Crippen LogP contribution < -0.4 is 11.1 Å². The lowest BCUT2D eigenvalue weighted by atomic mass is 10.3. The number of halogens is 2. The third-order valence-electron chi connectivity index (χ3n) is 2.02. The summed E-state index contributed by atoms with van der Waals surface area (Å²) in [5.74, 6) is -1.66. The zero-order chi connectivity index (χ0) is 14.7. The van der Waals surface area contributed by atoms with Crippen LogP contribution in [0.1, 0.15) is 13.8 Å². The molecule has 0 bridgehead atoms. The molecule has 0 aliphatic heterocycles. The van der Waals surface area contributed by atoms with E-state index in [1.165, 1.54) is 19.2 Å². The minimum absolute atomic E-state index is 0.181. The van der Waals surface area contributed by atoms with Crippen molar-refractivity contribution in [2.24, 2.45) is 0 Å². The first-order chi connectivity index (χ1) is 9.15. The van der Waals surface area contributed by atoms with Crippen molar-refractivity contribution in [3.63, 3.8) is 0 Å². The summed E-state index contributed by atoms with van der Waals surface area (Å²) in [4.78, 5) is 0. The number of hydrogen-bond acceptors (Lipinski definition) is 2. The van der Waals surface area contributed by atoms with Crippen molar-refractivity contribution < 1.29 is 8.78 Å². The molecule has 19 heavy (non-hydrogen) atoms. The highest BCUT2D eigenvalue weighted by molar-refractivity contribution is 5.43. The van der Waals surface area contributed by atoms with Crippen LogP contribution in [-0.2, 0) is 0 Å². The van der Waals surface area contributed by atoms with E-state index in [1.54, 1.807) is 0 Å². The number of rotatable bonds is 1. The van der Waals surface area contributed by atoms with Gasteiger partial charge in [-0.1, -0.05) is 38.1 Å². The maximum absolute atomic E-state index is 12.6. The van der Waals surface area contributed by atoms with Crippen LogP contribution in [0.2, 0.25) is 0 Å². The maximum atomic E-state index is 12.6. The van der Waals surface area contributed by atoms with Crippen LogP contribution in [0.25, 0.3) is 0 Å². The number of nitrogens with one attached hydrogen (secondary N) is 1. The Morgan fingerprint density at radius 1 is 0.895 bits per heavy atom. The molecule has 2 aromatic carbocycles. The molecule has 0 saturated carbocycles. The van der Waals surface area contributed by atoms with E-state index in [1.807, 2.05) is 44.2 Å². The van der Waals surface area contributed by atoms with Crippen LogP contribution in [0.3, 0.4) is 0 Å². The van der Waals surface area contributed by atoms with Gasteiger partial charge in [0.25, 0.3) is 0 Å². The molecule has 0 fully saturated rings. The molecule has 0 aromatic heterocycles. The molecular weight excluding hydrogens is 246 g/mol.